The van der Waals surface area contributed by atoms with E-state index in [4.69, 9.17) is 4.74 Å². The van der Waals surface area contributed by atoms with Crippen molar-refractivity contribution in [3.63, 3.8) is 0 Å². The van der Waals surface area contributed by atoms with Gasteiger partial charge in [0.25, 0.3) is 5.91 Å². The maximum Gasteiger partial charge on any atom is 0.258 e. The summed E-state index contributed by atoms with van der Waals surface area (Å²) in [6.45, 7) is 0.409. The second kappa shape index (κ2) is 13.0. The Labute approximate surface area is 192 Å². The lowest BCUT2D eigenvalue weighted by molar-refractivity contribution is -0.123. The molecule has 3 rings (SSSR count). The quantitative estimate of drug-likeness (QED) is 0.346. The van der Waals surface area contributed by atoms with Crippen LogP contribution in [0.15, 0.2) is 90.0 Å². The monoisotopic (exact) mass is 447 g/mol. The van der Waals surface area contributed by atoms with Gasteiger partial charge in [-0.2, -0.15) is 5.10 Å². The number of amides is 2. The van der Waals surface area contributed by atoms with Gasteiger partial charge in [-0.1, -0.05) is 60.7 Å². The molecule has 7 heteroatoms. The lowest BCUT2D eigenvalue weighted by Gasteiger charge is -2.08. The summed E-state index contributed by atoms with van der Waals surface area (Å²) in [4.78, 5) is 23.8. The first-order valence-corrected chi connectivity index (χ1v) is 11.3. The summed E-state index contributed by atoms with van der Waals surface area (Å²) < 4.78 is 5.51. The lowest BCUT2D eigenvalue weighted by Crippen LogP contribution is -2.28. The minimum atomic E-state index is -0.188. The van der Waals surface area contributed by atoms with Gasteiger partial charge in [0.05, 0.1) is 12.0 Å². The molecule has 164 valence electrons. The van der Waals surface area contributed by atoms with E-state index in [0.717, 1.165) is 16.9 Å². The number of thioether (sulfide) groups is 1. The summed E-state index contributed by atoms with van der Waals surface area (Å²) >= 11 is 1.54. The van der Waals surface area contributed by atoms with E-state index in [1.165, 1.54) is 17.3 Å². The molecule has 0 aliphatic carbocycles. The average Bonchev–Trinajstić information content (AvgIpc) is 2.83. The molecular weight excluding hydrogens is 422 g/mol. The second-order valence-electron chi connectivity index (χ2n) is 6.89. The molecule has 0 fully saturated rings. The van der Waals surface area contributed by atoms with E-state index >= 15 is 0 Å². The van der Waals surface area contributed by atoms with Gasteiger partial charge in [-0.15, -0.1) is 11.8 Å². The molecule has 0 unspecified atom stereocenters. The zero-order chi connectivity index (χ0) is 22.4. The number of carbonyl (C=O) groups is 2. The fourth-order valence-electron chi connectivity index (χ4n) is 2.69. The Hall–Kier alpha value is -3.58. The van der Waals surface area contributed by atoms with E-state index in [1.54, 1.807) is 30.5 Å². The largest absolute Gasteiger partial charge is 0.484 e. The first kappa shape index (κ1) is 23.1. The number of hydrogen-bond donors (Lipinski definition) is 2. The van der Waals surface area contributed by atoms with E-state index in [-0.39, 0.29) is 18.4 Å². The molecule has 0 spiro atoms. The number of ether oxygens (including phenoxy) is 1. The predicted octanol–water partition coefficient (Wildman–Crippen LogP) is 3.77. The lowest BCUT2D eigenvalue weighted by atomic mass is 10.2. The van der Waals surface area contributed by atoms with Crippen molar-refractivity contribution in [2.24, 2.45) is 5.10 Å². The zero-order valence-electron chi connectivity index (χ0n) is 17.6. The van der Waals surface area contributed by atoms with Crippen LogP contribution in [0.5, 0.6) is 5.75 Å². The zero-order valence-corrected chi connectivity index (χ0v) is 18.4. The Morgan fingerprint density at radius 3 is 2.19 bits per heavy atom. The summed E-state index contributed by atoms with van der Waals surface area (Å²) in [5.74, 6) is 1.36. The summed E-state index contributed by atoms with van der Waals surface area (Å²) in [7, 11) is 0. The first-order chi connectivity index (χ1) is 15.7. The number of hydrazone groups is 1. The SMILES string of the molecule is O=C(COc1ccc(/C=N\NC(=O)CSCc2ccccc2)cc1)NCc1ccccc1. The summed E-state index contributed by atoms with van der Waals surface area (Å²) in [6.07, 6.45) is 1.57. The molecule has 3 aromatic carbocycles. The number of benzene rings is 3. The Morgan fingerprint density at radius 2 is 1.50 bits per heavy atom. The van der Waals surface area contributed by atoms with Crippen LogP contribution in [0, 0.1) is 0 Å². The molecule has 0 saturated carbocycles. The van der Waals surface area contributed by atoms with Crippen LogP contribution in [0.4, 0.5) is 0 Å². The van der Waals surface area contributed by atoms with Crippen molar-refractivity contribution in [1.82, 2.24) is 10.7 Å². The average molecular weight is 448 g/mol. The minimum Gasteiger partial charge on any atom is -0.484 e. The summed E-state index contributed by atoms with van der Waals surface area (Å²) in [5.41, 5.74) is 5.55. The Morgan fingerprint density at radius 1 is 0.844 bits per heavy atom. The molecule has 0 radical (unpaired) electrons. The molecule has 0 aliphatic heterocycles. The summed E-state index contributed by atoms with van der Waals surface area (Å²) in [6, 6.07) is 26.8. The number of nitrogens with zero attached hydrogens (tertiary/aromatic N) is 1. The van der Waals surface area contributed by atoms with E-state index in [1.807, 2.05) is 60.7 Å². The molecule has 0 heterocycles. The van der Waals surface area contributed by atoms with Gasteiger partial charge in [0.1, 0.15) is 5.75 Å². The highest BCUT2D eigenvalue weighted by Gasteiger charge is 2.03. The van der Waals surface area contributed by atoms with Gasteiger partial charge in [-0.3, -0.25) is 9.59 Å². The Bertz CT molecular complexity index is 1010. The fourth-order valence-corrected chi connectivity index (χ4v) is 3.47. The van der Waals surface area contributed by atoms with Gasteiger partial charge < -0.3 is 10.1 Å². The molecule has 6 nitrogen and oxygen atoms in total. The van der Waals surface area contributed by atoms with Crippen molar-refractivity contribution in [3.8, 4) is 5.75 Å². The van der Waals surface area contributed by atoms with Crippen LogP contribution in [-0.4, -0.2) is 30.4 Å². The normalized spacial score (nSPS) is 10.6. The highest BCUT2D eigenvalue weighted by molar-refractivity contribution is 7.99. The maximum absolute atomic E-state index is 11.9. The molecular formula is C25H25N3O3S. The molecule has 32 heavy (non-hydrogen) atoms. The molecule has 0 atom stereocenters. The minimum absolute atomic E-state index is 0.0586. The third-order valence-electron chi connectivity index (χ3n) is 4.33. The van der Waals surface area contributed by atoms with E-state index in [2.05, 4.69) is 15.8 Å². The first-order valence-electron chi connectivity index (χ1n) is 10.2. The molecule has 0 bridgehead atoms. The number of hydrogen-bond acceptors (Lipinski definition) is 5. The molecule has 2 N–H and O–H groups in total. The highest BCUT2D eigenvalue weighted by Crippen LogP contribution is 2.12. The van der Waals surface area contributed by atoms with Crippen molar-refractivity contribution >= 4 is 29.8 Å². The van der Waals surface area contributed by atoms with Gasteiger partial charge in [0, 0.05) is 12.3 Å². The smallest absolute Gasteiger partial charge is 0.258 e. The third-order valence-corrected chi connectivity index (χ3v) is 5.33. The molecule has 3 aromatic rings. The molecule has 0 aromatic heterocycles. The van der Waals surface area contributed by atoms with Gasteiger partial charge in [-0.25, -0.2) is 5.43 Å². The van der Waals surface area contributed by atoms with Crippen LogP contribution in [0.3, 0.4) is 0 Å². The predicted molar refractivity (Wildman–Crippen MR) is 129 cm³/mol. The van der Waals surface area contributed by atoms with Crippen LogP contribution in [0.1, 0.15) is 16.7 Å². The van der Waals surface area contributed by atoms with Crippen LogP contribution in [-0.2, 0) is 21.9 Å². The van der Waals surface area contributed by atoms with Crippen LogP contribution in [0.2, 0.25) is 0 Å². The standard InChI is InChI=1S/C25H25N3O3S/c29-24(26-15-20-7-3-1-4-8-20)17-31-23-13-11-21(12-14-23)16-27-28-25(30)19-32-18-22-9-5-2-6-10-22/h1-14,16H,15,17-19H2,(H,26,29)(H,28,30)/b27-16-. The van der Waals surface area contributed by atoms with Gasteiger partial charge in [-0.05, 0) is 41.0 Å². The van der Waals surface area contributed by atoms with Crippen molar-refractivity contribution in [2.45, 2.75) is 12.3 Å². The second-order valence-corrected chi connectivity index (χ2v) is 7.88. The topological polar surface area (TPSA) is 79.8 Å². The number of rotatable bonds is 11. The van der Waals surface area contributed by atoms with Crippen LogP contribution < -0.4 is 15.5 Å². The Balaban J connectivity index is 1.32. The molecule has 0 saturated heterocycles. The van der Waals surface area contributed by atoms with E-state index < -0.39 is 0 Å². The van der Waals surface area contributed by atoms with E-state index in [9.17, 15) is 9.59 Å². The number of nitrogens with one attached hydrogen (secondary N) is 2. The fraction of sp³-hybridized carbons (Fsp3) is 0.160. The number of carbonyl (C=O) groups excluding carboxylic acids is 2. The maximum atomic E-state index is 11.9. The summed E-state index contributed by atoms with van der Waals surface area (Å²) in [5, 5.41) is 6.80. The van der Waals surface area contributed by atoms with Crippen LogP contribution >= 0.6 is 11.8 Å². The third kappa shape index (κ3) is 8.65. The highest BCUT2D eigenvalue weighted by atomic mass is 32.2. The molecule has 0 aliphatic rings. The van der Waals surface area contributed by atoms with Crippen molar-refractivity contribution in [3.05, 3.63) is 102 Å². The van der Waals surface area contributed by atoms with Crippen molar-refractivity contribution in [1.29, 1.82) is 0 Å². The van der Waals surface area contributed by atoms with Gasteiger partial charge in [0.15, 0.2) is 6.61 Å². The van der Waals surface area contributed by atoms with Gasteiger partial charge >= 0.3 is 0 Å². The van der Waals surface area contributed by atoms with Gasteiger partial charge in [0.2, 0.25) is 5.91 Å². The van der Waals surface area contributed by atoms with Crippen LogP contribution in [0.25, 0.3) is 0 Å². The van der Waals surface area contributed by atoms with Crippen molar-refractivity contribution in [2.75, 3.05) is 12.4 Å². The van der Waals surface area contributed by atoms with E-state index in [0.29, 0.717) is 18.0 Å². The van der Waals surface area contributed by atoms with Crippen molar-refractivity contribution < 1.29 is 14.3 Å². The molecule has 2 amide bonds. The Kier molecular flexibility index (Phi) is 9.36.